The summed E-state index contributed by atoms with van der Waals surface area (Å²) in [5, 5.41) is 2.99. The SMILES string of the molecule is CNC[C@@H](OC)c1cccc(F)c1. The number of likely N-dealkylation sites (N-methyl/N-ethyl adjacent to an activating group) is 1. The van der Waals surface area contributed by atoms with Crippen molar-refractivity contribution >= 4 is 0 Å². The Morgan fingerprint density at radius 3 is 2.85 bits per heavy atom. The van der Waals surface area contributed by atoms with E-state index in [1.165, 1.54) is 12.1 Å². The van der Waals surface area contributed by atoms with Crippen molar-refractivity contribution in [3.05, 3.63) is 35.6 Å². The third kappa shape index (κ3) is 2.79. The Morgan fingerprint density at radius 2 is 2.31 bits per heavy atom. The molecule has 1 rings (SSSR count). The van der Waals surface area contributed by atoms with Crippen LogP contribution in [-0.4, -0.2) is 20.7 Å². The molecule has 13 heavy (non-hydrogen) atoms. The van der Waals surface area contributed by atoms with Crippen LogP contribution in [0, 0.1) is 5.82 Å². The van der Waals surface area contributed by atoms with Gasteiger partial charge in [0.25, 0.3) is 0 Å². The summed E-state index contributed by atoms with van der Waals surface area (Å²) in [4.78, 5) is 0. The summed E-state index contributed by atoms with van der Waals surface area (Å²) in [7, 11) is 3.46. The summed E-state index contributed by atoms with van der Waals surface area (Å²) in [6.45, 7) is 0.681. The molecule has 1 aromatic rings. The molecule has 72 valence electrons. The van der Waals surface area contributed by atoms with Gasteiger partial charge in [0, 0.05) is 13.7 Å². The molecule has 2 nitrogen and oxygen atoms in total. The number of rotatable bonds is 4. The zero-order valence-corrected chi connectivity index (χ0v) is 7.88. The Morgan fingerprint density at radius 1 is 1.54 bits per heavy atom. The van der Waals surface area contributed by atoms with Crippen LogP contribution in [0.2, 0.25) is 0 Å². The third-order valence-corrected chi connectivity index (χ3v) is 1.89. The van der Waals surface area contributed by atoms with Crippen LogP contribution in [-0.2, 0) is 4.74 Å². The topological polar surface area (TPSA) is 21.3 Å². The molecule has 1 aromatic carbocycles. The van der Waals surface area contributed by atoms with Crippen molar-refractivity contribution in [2.45, 2.75) is 6.10 Å². The average Bonchev–Trinajstić information content (AvgIpc) is 2.14. The number of benzene rings is 1. The maximum atomic E-state index is 12.8. The number of halogens is 1. The van der Waals surface area contributed by atoms with E-state index in [0.29, 0.717) is 6.54 Å². The monoisotopic (exact) mass is 183 g/mol. The van der Waals surface area contributed by atoms with Crippen molar-refractivity contribution in [3.63, 3.8) is 0 Å². The molecular weight excluding hydrogens is 169 g/mol. The summed E-state index contributed by atoms with van der Waals surface area (Å²) in [6, 6.07) is 6.46. The van der Waals surface area contributed by atoms with Crippen LogP contribution in [0.3, 0.4) is 0 Å². The van der Waals surface area contributed by atoms with E-state index >= 15 is 0 Å². The van der Waals surface area contributed by atoms with Crippen molar-refractivity contribution in [2.75, 3.05) is 20.7 Å². The minimum atomic E-state index is -0.226. The van der Waals surface area contributed by atoms with E-state index in [9.17, 15) is 4.39 Å². The molecule has 0 aliphatic heterocycles. The van der Waals surface area contributed by atoms with E-state index < -0.39 is 0 Å². The predicted molar refractivity (Wildman–Crippen MR) is 50.1 cm³/mol. The van der Waals surface area contributed by atoms with Gasteiger partial charge in [0.05, 0.1) is 6.10 Å². The van der Waals surface area contributed by atoms with Crippen molar-refractivity contribution < 1.29 is 9.13 Å². The minimum Gasteiger partial charge on any atom is -0.375 e. The molecule has 0 heterocycles. The second-order valence-corrected chi connectivity index (χ2v) is 2.84. The van der Waals surface area contributed by atoms with Gasteiger partial charge in [0.1, 0.15) is 5.82 Å². The first-order valence-electron chi connectivity index (χ1n) is 4.20. The van der Waals surface area contributed by atoms with E-state index in [4.69, 9.17) is 4.74 Å². The highest BCUT2D eigenvalue weighted by Crippen LogP contribution is 2.16. The first kappa shape index (κ1) is 10.2. The summed E-state index contributed by atoms with van der Waals surface area (Å²) >= 11 is 0. The molecule has 0 amide bonds. The van der Waals surface area contributed by atoms with Gasteiger partial charge in [-0.05, 0) is 24.7 Å². The first-order chi connectivity index (χ1) is 6.27. The largest absolute Gasteiger partial charge is 0.375 e. The van der Waals surface area contributed by atoms with Crippen molar-refractivity contribution in [1.29, 1.82) is 0 Å². The smallest absolute Gasteiger partial charge is 0.123 e. The normalized spacial score (nSPS) is 12.8. The molecule has 0 spiro atoms. The molecule has 1 N–H and O–H groups in total. The van der Waals surface area contributed by atoms with Crippen LogP contribution in [0.15, 0.2) is 24.3 Å². The van der Waals surface area contributed by atoms with E-state index in [1.807, 2.05) is 13.1 Å². The molecule has 0 unspecified atom stereocenters. The van der Waals surface area contributed by atoms with Crippen LogP contribution in [0.4, 0.5) is 4.39 Å². The van der Waals surface area contributed by atoms with Crippen molar-refractivity contribution in [3.8, 4) is 0 Å². The molecule has 0 aromatic heterocycles. The number of hydrogen-bond donors (Lipinski definition) is 1. The minimum absolute atomic E-state index is 0.0827. The number of methoxy groups -OCH3 is 1. The Kier molecular flexibility index (Phi) is 3.86. The van der Waals surface area contributed by atoms with Gasteiger partial charge in [0.15, 0.2) is 0 Å². The second-order valence-electron chi connectivity index (χ2n) is 2.84. The van der Waals surface area contributed by atoms with Crippen molar-refractivity contribution in [1.82, 2.24) is 5.32 Å². The van der Waals surface area contributed by atoms with Crippen LogP contribution in [0.1, 0.15) is 11.7 Å². The maximum Gasteiger partial charge on any atom is 0.123 e. The summed E-state index contributed by atoms with van der Waals surface area (Å²) < 4.78 is 18.0. The maximum absolute atomic E-state index is 12.8. The van der Waals surface area contributed by atoms with Gasteiger partial charge in [0.2, 0.25) is 0 Å². The van der Waals surface area contributed by atoms with Gasteiger partial charge in [-0.1, -0.05) is 12.1 Å². The molecule has 0 aliphatic carbocycles. The quantitative estimate of drug-likeness (QED) is 0.767. The zero-order valence-electron chi connectivity index (χ0n) is 7.88. The fraction of sp³-hybridized carbons (Fsp3) is 0.400. The van der Waals surface area contributed by atoms with E-state index in [1.54, 1.807) is 13.2 Å². The molecule has 0 fully saturated rings. The molecule has 0 aliphatic rings. The van der Waals surface area contributed by atoms with E-state index in [2.05, 4.69) is 5.32 Å². The van der Waals surface area contributed by atoms with E-state index in [-0.39, 0.29) is 11.9 Å². The first-order valence-corrected chi connectivity index (χ1v) is 4.20. The van der Waals surface area contributed by atoms with Gasteiger partial charge in [-0.15, -0.1) is 0 Å². The summed E-state index contributed by atoms with van der Waals surface area (Å²) in [5.41, 5.74) is 0.858. The molecule has 0 saturated carbocycles. The standard InChI is InChI=1S/C10H14FNO/c1-12-7-10(13-2)8-4-3-5-9(11)6-8/h3-6,10,12H,7H2,1-2H3/t10-/m1/s1. The van der Waals surface area contributed by atoms with Gasteiger partial charge >= 0.3 is 0 Å². The van der Waals surface area contributed by atoms with E-state index in [0.717, 1.165) is 5.56 Å². The highest BCUT2D eigenvalue weighted by molar-refractivity contribution is 5.19. The van der Waals surface area contributed by atoms with Crippen LogP contribution < -0.4 is 5.32 Å². The predicted octanol–water partition coefficient (Wildman–Crippen LogP) is 1.73. The summed E-state index contributed by atoms with van der Waals surface area (Å²) in [6.07, 6.45) is -0.0827. The number of hydrogen-bond acceptors (Lipinski definition) is 2. The Labute approximate surface area is 77.7 Å². The van der Waals surface area contributed by atoms with Crippen LogP contribution >= 0.6 is 0 Å². The lowest BCUT2D eigenvalue weighted by Crippen LogP contribution is -2.18. The summed E-state index contributed by atoms with van der Waals surface area (Å²) in [5.74, 6) is -0.226. The average molecular weight is 183 g/mol. The highest BCUT2D eigenvalue weighted by atomic mass is 19.1. The lowest BCUT2D eigenvalue weighted by molar-refractivity contribution is 0.104. The number of nitrogens with one attached hydrogen (secondary N) is 1. The molecule has 0 saturated heterocycles. The van der Waals surface area contributed by atoms with Gasteiger partial charge in [-0.25, -0.2) is 4.39 Å². The van der Waals surface area contributed by atoms with Gasteiger partial charge < -0.3 is 10.1 Å². The fourth-order valence-corrected chi connectivity index (χ4v) is 1.23. The lowest BCUT2D eigenvalue weighted by Gasteiger charge is -2.14. The van der Waals surface area contributed by atoms with Crippen molar-refractivity contribution in [2.24, 2.45) is 0 Å². The molecule has 1 atom stereocenters. The Bertz CT molecular complexity index is 265. The third-order valence-electron chi connectivity index (χ3n) is 1.89. The van der Waals surface area contributed by atoms with Gasteiger partial charge in [-0.3, -0.25) is 0 Å². The number of ether oxygens (including phenoxy) is 1. The molecular formula is C10H14FNO. The second kappa shape index (κ2) is 4.94. The zero-order chi connectivity index (χ0) is 9.68. The molecule has 3 heteroatoms. The van der Waals surface area contributed by atoms with Crippen LogP contribution in [0.5, 0.6) is 0 Å². The fourth-order valence-electron chi connectivity index (χ4n) is 1.23. The van der Waals surface area contributed by atoms with Crippen LogP contribution in [0.25, 0.3) is 0 Å². The highest BCUT2D eigenvalue weighted by Gasteiger charge is 2.08. The van der Waals surface area contributed by atoms with Gasteiger partial charge in [-0.2, -0.15) is 0 Å². The Hall–Kier alpha value is -0.930. The molecule has 0 bridgehead atoms. The lowest BCUT2D eigenvalue weighted by atomic mass is 10.1. The molecule has 0 radical (unpaired) electrons. The Balaban J connectivity index is 2.78.